The van der Waals surface area contributed by atoms with Crippen molar-refractivity contribution in [1.82, 2.24) is 5.32 Å². The Bertz CT molecular complexity index is 433. The smallest absolute Gasteiger partial charge is 0.172 e. The third-order valence-corrected chi connectivity index (χ3v) is 4.18. The van der Waals surface area contributed by atoms with Crippen LogP contribution in [-0.2, 0) is 11.3 Å². The summed E-state index contributed by atoms with van der Waals surface area (Å²) in [5, 5.41) is 13.1. The molecule has 2 rings (SSSR count). The largest absolute Gasteiger partial charge is 0.503 e. The molecule has 0 spiro atoms. The number of phenols is 1. The molecule has 0 saturated heterocycles. The summed E-state index contributed by atoms with van der Waals surface area (Å²) in [7, 11) is 1.55. The number of aromatic hydroxyl groups is 1. The molecule has 0 aliphatic heterocycles. The zero-order valence-electron chi connectivity index (χ0n) is 11.8. The molecule has 2 N–H and O–H groups in total. The lowest BCUT2D eigenvalue weighted by Gasteiger charge is -2.12. The standard InChI is InChI=1S/C15H22BrNO3/c1-19-14-9-11(8-13(16)15(14)18)10-17-6-7-20-12-4-2-3-5-12/h8-9,12,17-18H,2-7,10H2,1H3. The summed E-state index contributed by atoms with van der Waals surface area (Å²) in [5.74, 6) is 0.624. The Hall–Kier alpha value is -0.780. The van der Waals surface area contributed by atoms with E-state index in [4.69, 9.17) is 9.47 Å². The predicted octanol–water partition coefficient (Wildman–Crippen LogP) is 3.21. The zero-order chi connectivity index (χ0) is 14.4. The number of nitrogens with one attached hydrogen (secondary N) is 1. The van der Waals surface area contributed by atoms with Crippen molar-refractivity contribution in [1.29, 1.82) is 0 Å². The highest BCUT2D eigenvalue weighted by atomic mass is 79.9. The first kappa shape index (κ1) is 15.6. The molecule has 112 valence electrons. The topological polar surface area (TPSA) is 50.7 Å². The van der Waals surface area contributed by atoms with Crippen molar-refractivity contribution >= 4 is 15.9 Å². The number of halogens is 1. The highest BCUT2D eigenvalue weighted by molar-refractivity contribution is 9.10. The maximum atomic E-state index is 9.74. The van der Waals surface area contributed by atoms with Crippen LogP contribution >= 0.6 is 15.9 Å². The van der Waals surface area contributed by atoms with Crippen molar-refractivity contribution in [3.05, 3.63) is 22.2 Å². The summed E-state index contributed by atoms with van der Waals surface area (Å²) in [6.07, 6.45) is 5.50. The van der Waals surface area contributed by atoms with E-state index in [1.807, 2.05) is 12.1 Å². The van der Waals surface area contributed by atoms with Gasteiger partial charge < -0.3 is 19.9 Å². The summed E-state index contributed by atoms with van der Waals surface area (Å²) < 4.78 is 11.6. The van der Waals surface area contributed by atoms with Gasteiger partial charge in [0.25, 0.3) is 0 Å². The van der Waals surface area contributed by atoms with Gasteiger partial charge >= 0.3 is 0 Å². The SMILES string of the molecule is COc1cc(CNCCOC2CCCC2)cc(Br)c1O. The van der Waals surface area contributed by atoms with Crippen LogP contribution in [0.3, 0.4) is 0 Å². The molecule has 1 aromatic rings. The Labute approximate surface area is 128 Å². The van der Waals surface area contributed by atoms with Gasteiger partial charge in [0, 0.05) is 13.1 Å². The lowest BCUT2D eigenvalue weighted by atomic mass is 10.2. The highest BCUT2D eigenvalue weighted by Crippen LogP contribution is 2.35. The molecule has 5 heteroatoms. The fourth-order valence-electron chi connectivity index (χ4n) is 2.47. The molecule has 0 bridgehead atoms. The van der Waals surface area contributed by atoms with E-state index in [1.165, 1.54) is 25.7 Å². The Balaban J connectivity index is 1.72. The number of hydrogen-bond acceptors (Lipinski definition) is 4. The first-order valence-electron chi connectivity index (χ1n) is 7.08. The quantitative estimate of drug-likeness (QED) is 0.746. The Morgan fingerprint density at radius 1 is 1.35 bits per heavy atom. The molecule has 0 aromatic heterocycles. The maximum absolute atomic E-state index is 9.74. The third kappa shape index (κ3) is 4.36. The second kappa shape index (κ2) is 7.86. The number of rotatable bonds is 7. The van der Waals surface area contributed by atoms with Gasteiger partial charge in [0.2, 0.25) is 0 Å². The minimum atomic E-state index is 0.140. The lowest BCUT2D eigenvalue weighted by molar-refractivity contribution is 0.0602. The van der Waals surface area contributed by atoms with Gasteiger partial charge in [0.1, 0.15) is 0 Å². The van der Waals surface area contributed by atoms with Crippen LogP contribution in [0, 0.1) is 0 Å². The fraction of sp³-hybridized carbons (Fsp3) is 0.600. The molecule has 1 aromatic carbocycles. The van der Waals surface area contributed by atoms with Crippen molar-refractivity contribution in [3.63, 3.8) is 0 Å². The van der Waals surface area contributed by atoms with Gasteiger partial charge in [-0.2, -0.15) is 0 Å². The van der Waals surface area contributed by atoms with Gasteiger partial charge in [0.15, 0.2) is 11.5 Å². The minimum Gasteiger partial charge on any atom is -0.503 e. The molecular weight excluding hydrogens is 322 g/mol. The molecule has 4 nitrogen and oxygen atoms in total. The number of ether oxygens (including phenoxy) is 2. The van der Waals surface area contributed by atoms with Crippen molar-refractivity contribution in [2.24, 2.45) is 0 Å². The van der Waals surface area contributed by atoms with E-state index in [1.54, 1.807) is 7.11 Å². The van der Waals surface area contributed by atoms with Gasteiger partial charge in [-0.1, -0.05) is 12.8 Å². The molecular formula is C15H22BrNO3. The lowest BCUT2D eigenvalue weighted by Crippen LogP contribution is -2.21. The summed E-state index contributed by atoms with van der Waals surface area (Å²) in [5.41, 5.74) is 1.06. The summed E-state index contributed by atoms with van der Waals surface area (Å²) in [6.45, 7) is 2.31. The van der Waals surface area contributed by atoms with E-state index in [-0.39, 0.29) is 5.75 Å². The van der Waals surface area contributed by atoms with Crippen LogP contribution in [0.25, 0.3) is 0 Å². The van der Waals surface area contributed by atoms with Crippen LogP contribution in [0.4, 0.5) is 0 Å². The van der Waals surface area contributed by atoms with E-state index in [9.17, 15) is 5.11 Å². The molecule has 0 heterocycles. The average molecular weight is 344 g/mol. The summed E-state index contributed by atoms with van der Waals surface area (Å²) in [4.78, 5) is 0. The van der Waals surface area contributed by atoms with E-state index in [0.29, 0.717) is 16.3 Å². The third-order valence-electron chi connectivity index (χ3n) is 3.57. The van der Waals surface area contributed by atoms with Gasteiger partial charge in [-0.05, 0) is 46.5 Å². The van der Waals surface area contributed by atoms with Crippen molar-refractivity contribution in [3.8, 4) is 11.5 Å². The van der Waals surface area contributed by atoms with Crippen molar-refractivity contribution in [2.75, 3.05) is 20.3 Å². The number of hydrogen-bond donors (Lipinski definition) is 2. The molecule has 1 aliphatic carbocycles. The van der Waals surface area contributed by atoms with E-state index >= 15 is 0 Å². The Morgan fingerprint density at radius 3 is 2.80 bits per heavy atom. The van der Waals surface area contributed by atoms with Crippen LogP contribution in [-0.4, -0.2) is 31.5 Å². The van der Waals surface area contributed by atoms with Crippen LogP contribution in [0.2, 0.25) is 0 Å². The highest BCUT2D eigenvalue weighted by Gasteiger charge is 2.14. The van der Waals surface area contributed by atoms with Crippen LogP contribution < -0.4 is 10.1 Å². The van der Waals surface area contributed by atoms with Crippen molar-refractivity contribution in [2.45, 2.75) is 38.3 Å². The van der Waals surface area contributed by atoms with Crippen LogP contribution in [0.5, 0.6) is 11.5 Å². The molecule has 0 amide bonds. The van der Waals surface area contributed by atoms with Crippen LogP contribution in [0.15, 0.2) is 16.6 Å². The molecule has 1 aliphatic rings. The molecule has 0 unspecified atom stereocenters. The average Bonchev–Trinajstić information content (AvgIpc) is 2.95. The molecule has 0 atom stereocenters. The van der Waals surface area contributed by atoms with Crippen LogP contribution in [0.1, 0.15) is 31.2 Å². The summed E-state index contributed by atoms with van der Waals surface area (Å²) in [6, 6.07) is 3.73. The van der Waals surface area contributed by atoms with E-state index in [2.05, 4.69) is 21.2 Å². The molecule has 0 radical (unpaired) electrons. The maximum Gasteiger partial charge on any atom is 0.172 e. The normalized spacial score (nSPS) is 15.7. The second-order valence-corrected chi connectivity index (χ2v) is 5.94. The number of methoxy groups -OCH3 is 1. The van der Waals surface area contributed by atoms with E-state index < -0.39 is 0 Å². The van der Waals surface area contributed by atoms with Crippen molar-refractivity contribution < 1.29 is 14.6 Å². The van der Waals surface area contributed by atoms with Gasteiger partial charge in [-0.15, -0.1) is 0 Å². The minimum absolute atomic E-state index is 0.140. The molecule has 1 saturated carbocycles. The fourth-order valence-corrected chi connectivity index (χ4v) is 2.96. The Kier molecular flexibility index (Phi) is 6.13. The van der Waals surface area contributed by atoms with E-state index in [0.717, 1.165) is 25.3 Å². The first-order chi connectivity index (χ1) is 9.70. The monoisotopic (exact) mass is 343 g/mol. The molecule has 20 heavy (non-hydrogen) atoms. The number of benzene rings is 1. The number of phenolic OH excluding ortho intramolecular Hbond substituents is 1. The summed E-state index contributed by atoms with van der Waals surface area (Å²) >= 11 is 3.32. The van der Waals surface area contributed by atoms with Gasteiger partial charge in [-0.25, -0.2) is 0 Å². The zero-order valence-corrected chi connectivity index (χ0v) is 13.4. The second-order valence-electron chi connectivity index (χ2n) is 5.08. The first-order valence-corrected chi connectivity index (χ1v) is 7.87. The van der Waals surface area contributed by atoms with Gasteiger partial charge in [0.05, 0.1) is 24.3 Å². The predicted molar refractivity (Wildman–Crippen MR) is 82.3 cm³/mol. The van der Waals surface area contributed by atoms with Gasteiger partial charge in [-0.3, -0.25) is 0 Å². The molecule has 1 fully saturated rings. The Morgan fingerprint density at radius 2 is 2.10 bits per heavy atom.